The van der Waals surface area contributed by atoms with Crippen molar-refractivity contribution in [2.24, 2.45) is 5.41 Å². The molecule has 2 aromatic heterocycles. The summed E-state index contributed by atoms with van der Waals surface area (Å²) in [5, 5.41) is 0. The largest absolute Gasteiger partial charge is 0.462 e. The summed E-state index contributed by atoms with van der Waals surface area (Å²) in [5.41, 5.74) is 0.492. The van der Waals surface area contributed by atoms with Crippen LogP contribution >= 0.6 is 0 Å². The van der Waals surface area contributed by atoms with Gasteiger partial charge in [0.05, 0.1) is 12.2 Å². The van der Waals surface area contributed by atoms with Crippen molar-refractivity contribution >= 4 is 5.97 Å². The molecule has 0 bridgehead atoms. The van der Waals surface area contributed by atoms with Crippen LogP contribution in [0, 0.1) is 5.41 Å². The summed E-state index contributed by atoms with van der Waals surface area (Å²) in [6.45, 7) is 6.63. The van der Waals surface area contributed by atoms with E-state index >= 15 is 0 Å². The van der Waals surface area contributed by atoms with Crippen molar-refractivity contribution < 1.29 is 9.53 Å². The highest BCUT2D eigenvalue weighted by Gasteiger charge is 2.18. The van der Waals surface area contributed by atoms with Crippen LogP contribution in [0.1, 0.15) is 37.6 Å². The van der Waals surface area contributed by atoms with Crippen LogP contribution in [-0.2, 0) is 4.74 Å². The van der Waals surface area contributed by atoms with E-state index in [1.165, 1.54) is 0 Å². The van der Waals surface area contributed by atoms with Crippen molar-refractivity contribution in [2.75, 3.05) is 6.61 Å². The normalized spacial score (nSPS) is 11.3. The quantitative estimate of drug-likeness (QED) is 0.786. The predicted octanol–water partition coefficient (Wildman–Crippen LogP) is 2.86. The molecule has 0 saturated carbocycles. The van der Waals surface area contributed by atoms with Gasteiger partial charge in [-0.2, -0.15) is 0 Å². The minimum atomic E-state index is -0.324. The first-order chi connectivity index (χ1) is 9.52. The number of nitrogens with zero attached hydrogens (tertiary/aromatic N) is 3. The highest BCUT2D eigenvalue weighted by molar-refractivity contribution is 5.89. The number of rotatable bonds is 5. The minimum Gasteiger partial charge on any atom is -0.462 e. The lowest BCUT2D eigenvalue weighted by Crippen LogP contribution is -2.21. The van der Waals surface area contributed by atoms with Gasteiger partial charge < -0.3 is 4.74 Å². The van der Waals surface area contributed by atoms with Gasteiger partial charge in [-0.05, 0) is 24.0 Å². The van der Waals surface area contributed by atoms with Crippen molar-refractivity contribution in [2.45, 2.75) is 27.2 Å². The maximum Gasteiger partial charge on any atom is 0.338 e. The van der Waals surface area contributed by atoms with E-state index in [0.717, 1.165) is 6.42 Å². The Labute approximate surface area is 118 Å². The first-order valence-electron chi connectivity index (χ1n) is 6.63. The summed E-state index contributed by atoms with van der Waals surface area (Å²) in [5.74, 6) is 0.321. The Balaban J connectivity index is 2.09. The van der Waals surface area contributed by atoms with Crippen LogP contribution < -0.4 is 0 Å². The smallest absolute Gasteiger partial charge is 0.338 e. The average Bonchev–Trinajstić information content (AvgIpc) is 2.99. The van der Waals surface area contributed by atoms with Crippen molar-refractivity contribution in [3.8, 4) is 5.82 Å². The molecule has 0 fully saturated rings. The fourth-order valence-corrected chi connectivity index (χ4v) is 1.53. The fourth-order valence-electron chi connectivity index (χ4n) is 1.53. The zero-order valence-corrected chi connectivity index (χ0v) is 12.0. The second-order valence-corrected chi connectivity index (χ2v) is 5.47. The fraction of sp³-hybridized carbons (Fsp3) is 0.400. The number of imidazole rings is 1. The number of ether oxygens (including phenoxy) is 1. The Kier molecular flexibility index (Phi) is 4.17. The molecule has 5 nitrogen and oxygen atoms in total. The summed E-state index contributed by atoms with van der Waals surface area (Å²) in [7, 11) is 0. The summed E-state index contributed by atoms with van der Waals surface area (Å²) >= 11 is 0. The average molecular weight is 273 g/mol. The van der Waals surface area contributed by atoms with Gasteiger partial charge in [-0.3, -0.25) is 4.57 Å². The Hall–Kier alpha value is -2.17. The molecule has 0 amide bonds. The zero-order chi connectivity index (χ0) is 14.6. The zero-order valence-electron chi connectivity index (χ0n) is 12.0. The summed E-state index contributed by atoms with van der Waals surface area (Å²) < 4.78 is 7.11. The maximum atomic E-state index is 12.1. The number of carbonyl (C=O) groups is 1. The van der Waals surface area contributed by atoms with Crippen molar-refractivity contribution in [1.29, 1.82) is 0 Å². The number of aromatic nitrogens is 3. The Morgan fingerprint density at radius 3 is 2.85 bits per heavy atom. The molecule has 2 rings (SSSR count). The second kappa shape index (κ2) is 5.86. The van der Waals surface area contributed by atoms with Gasteiger partial charge in [0, 0.05) is 18.6 Å². The van der Waals surface area contributed by atoms with E-state index in [1.807, 2.05) is 0 Å². The van der Waals surface area contributed by atoms with Gasteiger partial charge in [0.2, 0.25) is 0 Å². The van der Waals surface area contributed by atoms with Crippen molar-refractivity contribution in [3.63, 3.8) is 0 Å². The third kappa shape index (κ3) is 3.44. The first-order valence-corrected chi connectivity index (χ1v) is 6.63. The molecule has 0 atom stereocenters. The minimum absolute atomic E-state index is 0.00410. The molecule has 0 spiro atoms. The van der Waals surface area contributed by atoms with Crippen LogP contribution in [0.5, 0.6) is 0 Å². The predicted molar refractivity (Wildman–Crippen MR) is 75.7 cm³/mol. The molecule has 0 aliphatic rings. The molecule has 0 aliphatic heterocycles. The molecule has 106 valence electrons. The Bertz CT molecular complexity index is 577. The summed E-state index contributed by atoms with van der Waals surface area (Å²) in [6, 6.07) is 3.35. The van der Waals surface area contributed by atoms with Crippen molar-refractivity contribution in [1.82, 2.24) is 14.5 Å². The summed E-state index contributed by atoms with van der Waals surface area (Å²) in [4.78, 5) is 20.2. The maximum absolute atomic E-state index is 12.1. The molecule has 2 aromatic rings. The van der Waals surface area contributed by atoms with Crippen LogP contribution in [0.4, 0.5) is 0 Å². The van der Waals surface area contributed by atoms with E-state index in [1.54, 1.807) is 41.6 Å². The van der Waals surface area contributed by atoms with Gasteiger partial charge in [-0.25, -0.2) is 14.8 Å². The molecule has 0 N–H and O–H groups in total. The second-order valence-electron chi connectivity index (χ2n) is 5.47. The molecular formula is C15H19N3O2. The molecule has 0 saturated heterocycles. The van der Waals surface area contributed by atoms with E-state index in [-0.39, 0.29) is 11.4 Å². The van der Waals surface area contributed by atoms with Crippen LogP contribution in [0.25, 0.3) is 5.82 Å². The molecule has 5 heteroatoms. The number of pyridine rings is 1. The van der Waals surface area contributed by atoms with E-state index < -0.39 is 0 Å². The number of hydrogen-bond donors (Lipinski definition) is 0. The summed E-state index contributed by atoms with van der Waals surface area (Å²) in [6.07, 6.45) is 7.62. The molecular weight excluding hydrogens is 254 g/mol. The SMILES string of the molecule is CCC(C)(C)COC(=O)c1ccnc(-n2ccnc2)c1. The van der Waals surface area contributed by atoms with Gasteiger partial charge >= 0.3 is 5.97 Å². The van der Waals surface area contributed by atoms with Crippen LogP contribution in [0.3, 0.4) is 0 Å². The Morgan fingerprint density at radius 1 is 1.40 bits per heavy atom. The number of esters is 1. The van der Waals surface area contributed by atoms with Gasteiger partial charge in [0.15, 0.2) is 0 Å². The Morgan fingerprint density at radius 2 is 2.20 bits per heavy atom. The lowest BCUT2D eigenvalue weighted by atomic mass is 9.92. The first kappa shape index (κ1) is 14.2. The highest BCUT2D eigenvalue weighted by atomic mass is 16.5. The standard InChI is InChI=1S/C15H19N3O2/c1-4-15(2,3)10-20-14(19)12-5-6-17-13(9-12)18-8-7-16-11-18/h5-9,11H,4,10H2,1-3H3. The van der Waals surface area contributed by atoms with Gasteiger partial charge in [-0.1, -0.05) is 20.8 Å². The van der Waals surface area contributed by atoms with Crippen LogP contribution in [0.2, 0.25) is 0 Å². The third-order valence-corrected chi connectivity index (χ3v) is 3.30. The van der Waals surface area contributed by atoms with E-state index in [0.29, 0.717) is 18.0 Å². The topological polar surface area (TPSA) is 57.0 Å². The molecule has 0 unspecified atom stereocenters. The van der Waals surface area contributed by atoms with Gasteiger partial charge in [0.25, 0.3) is 0 Å². The van der Waals surface area contributed by atoms with E-state index in [2.05, 4.69) is 30.7 Å². The van der Waals surface area contributed by atoms with E-state index in [9.17, 15) is 4.79 Å². The van der Waals surface area contributed by atoms with Gasteiger partial charge in [0.1, 0.15) is 12.1 Å². The lowest BCUT2D eigenvalue weighted by Gasteiger charge is -2.21. The molecule has 0 aliphatic carbocycles. The molecule has 2 heterocycles. The monoisotopic (exact) mass is 273 g/mol. The van der Waals surface area contributed by atoms with Gasteiger partial charge in [-0.15, -0.1) is 0 Å². The lowest BCUT2D eigenvalue weighted by molar-refractivity contribution is 0.0335. The van der Waals surface area contributed by atoms with Crippen molar-refractivity contribution in [3.05, 3.63) is 42.6 Å². The third-order valence-electron chi connectivity index (χ3n) is 3.30. The van der Waals surface area contributed by atoms with Crippen LogP contribution in [0.15, 0.2) is 37.1 Å². The van der Waals surface area contributed by atoms with Crippen LogP contribution in [-0.4, -0.2) is 27.1 Å². The molecule has 20 heavy (non-hydrogen) atoms. The number of carbonyl (C=O) groups excluding carboxylic acids is 1. The number of hydrogen-bond acceptors (Lipinski definition) is 4. The van der Waals surface area contributed by atoms with E-state index in [4.69, 9.17) is 4.74 Å². The molecule has 0 radical (unpaired) electrons. The molecule has 0 aromatic carbocycles. The highest BCUT2D eigenvalue weighted by Crippen LogP contribution is 2.20.